The van der Waals surface area contributed by atoms with Gasteiger partial charge in [0.2, 0.25) is 6.43 Å². The standard InChI is InChI=1S/C10H18F2/c1-3-5-10(6-4-2)7-8(10)9(11)12/h8-9H,3-7H2,1-2H3. The van der Waals surface area contributed by atoms with Gasteiger partial charge in [0.15, 0.2) is 0 Å². The quantitative estimate of drug-likeness (QED) is 0.596. The molecule has 0 spiro atoms. The van der Waals surface area contributed by atoms with Gasteiger partial charge in [-0.1, -0.05) is 26.7 Å². The number of hydrogen-bond acceptors (Lipinski definition) is 0. The molecule has 1 fully saturated rings. The molecule has 2 heteroatoms. The van der Waals surface area contributed by atoms with Gasteiger partial charge >= 0.3 is 0 Å². The molecule has 1 saturated carbocycles. The molecule has 0 saturated heterocycles. The molecule has 1 rings (SSSR count). The third-order valence-electron chi connectivity index (χ3n) is 3.05. The summed E-state index contributed by atoms with van der Waals surface area (Å²) in [5.74, 6) is -0.280. The molecule has 0 aliphatic heterocycles. The van der Waals surface area contributed by atoms with Crippen molar-refractivity contribution in [3.63, 3.8) is 0 Å². The molecule has 0 nitrogen and oxygen atoms in total. The van der Waals surface area contributed by atoms with Gasteiger partial charge in [0, 0.05) is 5.92 Å². The van der Waals surface area contributed by atoms with Gasteiger partial charge in [-0.3, -0.25) is 0 Å². The van der Waals surface area contributed by atoms with E-state index in [4.69, 9.17) is 0 Å². The van der Waals surface area contributed by atoms with E-state index in [0.717, 1.165) is 32.1 Å². The van der Waals surface area contributed by atoms with E-state index in [9.17, 15) is 8.78 Å². The van der Waals surface area contributed by atoms with Gasteiger partial charge in [-0.05, 0) is 24.7 Å². The molecule has 72 valence electrons. The highest BCUT2D eigenvalue weighted by atomic mass is 19.3. The zero-order chi connectivity index (χ0) is 9.19. The maximum absolute atomic E-state index is 12.4. The Balaban J connectivity index is 2.43. The lowest BCUT2D eigenvalue weighted by molar-refractivity contribution is 0.0986. The van der Waals surface area contributed by atoms with Crippen LogP contribution in [0, 0.1) is 11.3 Å². The number of rotatable bonds is 5. The Morgan fingerprint density at radius 3 is 2.00 bits per heavy atom. The number of halogens is 2. The number of hydrogen-bond donors (Lipinski definition) is 0. The van der Waals surface area contributed by atoms with Gasteiger partial charge in [-0.2, -0.15) is 0 Å². The maximum atomic E-state index is 12.4. The third kappa shape index (κ3) is 1.78. The fourth-order valence-electron chi connectivity index (χ4n) is 2.43. The van der Waals surface area contributed by atoms with E-state index in [-0.39, 0.29) is 11.3 Å². The lowest BCUT2D eigenvalue weighted by Gasteiger charge is -2.14. The lowest BCUT2D eigenvalue weighted by Crippen LogP contribution is -2.08. The fraction of sp³-hybridized carbons (Fsp3) is 1.00. The minimum atomic E-state index is -2.08. The fourth-order valence-corrected chi connectivity index (χ4v) is 2.43. The smallest absolute Gasteiger partial charge is 0.210 e. The topological polar surface area (TPSA) is 0 Å². The molecule has 0 heterocycles. The Bertz CT molecular complexity index is 137. The summed E-state index contributed by atoms with van der Waals surface area (Å²) >= 11 is 0. The first-order chi connectivity index (χ1) is 5.66. The summed E-state index contributed by atoms with van der Waals surface area (Å²) in [4.78, 5) is 0. The van der Waals surface area contributed by atoms with Gasteiger partial charge < -0.3 is 0 Å². The van der Waals surface area contributed by atoms with Crippen molar-refractivity contribution in [1.82, 2.24) is 0 Å². The Kier molecular flexibility index (Phi) is 3.08. The molecule has 0 bridgehead atoms. The van der Waals surface area contributed by atoms with E-state index in [1.54, 1.807) is 0 Å². The largest absolute Gasteiger partial charge is 0.241 e. The molecule has 0 aromatic heterocycles. The average molecular weight is 176 g/mol. The zero-order valence-electron chi connectivity index (χ0n) is 7.95. The highest BCUT2D eigenvalue weighted by Gasteiger charge is 2.56. The number of alkyl halides is 2. The van der Waals surface area contributed by atoms with E-state index in [1.165, 1.54) is 0 Å². The monoisotopic (exact) mass is 176 g/mol. The molecule has 0 radical (unpaired) electrons. The second-order valence-corrected chi connectivity index (χ2v) is 4.01. The van der Waals surface area contributed by atoms with Crippen LogP contribution < -0.4 is 0 Å². The second-order valence-electron chi connectivity index (χ2n) is 4.01. The third-order valence-corrected chi connectivity index (χ3v) is 3.05. The van der Waals surface area contributed by atoms with E-state index in [1.807, 2.05) is 0 Å². The summed E-state index contributed by atoms with van der Waals surface area (Å²) in [6, 6.07) is 0. The van der Waals surface area contributed by atoms with E-state index >= 15 is 0 Å². The molecular formula is C10H18F2. The Hall–Kier alpha value is -0.140. The van der Waals surface area contributed by atoms with Crippen LogP contribution in [0.4, 0.5) is 8.78 Å². The van der Waals surface area contributed by atoms with Crippen molar-refractivity contribution in [3.05, 3.63) is 0 Å². The van der Waals surface area contributed by atoms with Crippen molar-refractivity contribution < 1.29 is 8.78 Å². The van der Waals surface area contributed by atoms with Crippen LogP contribution in [0.2, 0.25) is 0 Å². The van der Waals surface area contributed by atoms with E-state index in [2.05, 4.69) is 13.8 Å². The lowest BCUT2D eigenvalue weighted by atomic mass is 9.92. The molecule has 0 aromatic carbocycles. The minimum absolute atomic E-state index is 0.0394. The first-order valence-electron chi connectivity index (χ1n) is 4.94. The van der Waals surface area contributed by atoms with Crippen LogP contribution in [-0.2, 0) is 0 Å². The Morgan fingerprint density at radius 1 is 1.25 bits per heavy atom. The van der Waals surface area contributed by atoms with Gasteiger partial charge in [0.25, 0.3) is 0 Å². The molecule has 1 atom stereocenters. The van der Waals surface area contributed by atoms with Crippen molar-refractivity contribution in [1.29, 1.82) is 0 Å². The highest BCUT2D eigenvalue weighted by molar-refractivity contribution is 5.02. The van der Waals surface area contributed by atoms with Gasteiger partial charge in [0.1, 0.15) is 0 Å². The molecule has 1 aliphatic rings. The summed E-state index contributed by atoms with van der Waals surface area (Å²) in [7, 11) is 0. The van der Waals surface area contributed by atoms with Crippen molar-refractivity contribution in [2.24, 2.45) is 11.3 Å². The average Bonchev–Trinajstić information content (AvgIpc) is 2.65. The van der Waals surface area contributed by atoms with Gasteiger partial charge in [-0.25, -0.2) is 8.78 Å². The van der Waals surface area contributed by atoms with Crippen LogP contribution in [-0.4, -0.2) is 6.43 Å². The van der Waals surface area contributed by atoms with Crippen molar-refractivity contribution >= 4 is 0 Å². The zero-order valence-corrected chi connectivity index (χ0v) is 7.95. The summed E-state index contributed by atoms with van der Waals surface area (Å²) in [5.41, 5.74) is 0.0394. The molecular weight excluding hydrogens is 158 g/mol. The maximum Gasteiger partial charge on any atom is 0.241 e. The molecule has 0 N–H and O–H groups in total. The first kappa shape index (κ1) is 9.94. The minimum Gasteiger partial charge on any atom is -0.210 e. The summed E-state index contributed by atoms with van der Waals surface area (Å²) < 4.78 is 24.7. The van der Waals surface area contributed by atoms with Crippen molar-refractivity contribution in [3.8, 4) is 0 Å². The van der Waals surface area contributed by atoms with Crippen LogP contribution in [0.1, 0.15) is 46.0 Å². The van der Waals surface area contributed by atoms with E-state index < -0.39 is 6.43 Å². The van der Waals surface area contributed by atoms with Crippen molar-refractivity contribution in [2.45, 2.75) is 52.4 Å². The summed E-state index contributed by atoms with van der Waals surface area (Å²) in [6.45, 7) is 4.16. The normalized spacial score (nSPS) is 26.2. The Morgan fingerprint density at radius 2 is 1.75 bits per heavy atom. The SMILES string of the molecule is CCCC1(CCC)CC1C(F)F. The molecule has 0 aromatic rings. The summed E-state index contributed by atoms with van der Waals surface area (Å²) in [6.07, 6.45) is 2.77. The molecule has 0 amide bonds. The van der Waals surface area contributed by atoms with E-state index in [0.29, 0.717) is 0 Å². The van der Waals surface area contributed by atoms with Crippen LogP contribution in [0.3, 0.4) is 0 Å². The van der Waals surface area contributed by atoms with Gasteiger partial charge in [0.05, 0.1) is 0 Å². The predicted molar refractivity (Wildman–Crippen MR) is 46.4 cm³/mol. The van der Waals surface area contributed by atoms with Crippen LogP contribution in [0.5, 0.6) is 0 Å². The van der Waals surface area contributed by atoms with Crippen LogP contribution >= 0.6 is 0 Å². The Labute approximate surface area is 73.3 Å². The predicted octanol–water partition coefficient (Wildman–Crippen LogP) is 3.86. The molecule has 1 unspecified atom stereocenters. The molecule has 1 aliphatic carbocycles. The van der Waals surface area contributed by atoms with Crippen molar-refractivity contribution in [2.75, 3.05) is 0 Å². The van der Waals surface area contributed by atoms with Gasteiger partial charge in [-0.15, -0.1) is 0 Å². The summed E-state index contributed by atoms with van der Waals surface area (Å²) in [5, 5.41) is 0. The second kappa shape index (κ2) is 3.71. The van der Waals surface area contributed by atoms with Crippen LogP contribution in [0.25, 0.3) is 0 Å². The molecule has 12 heavy (non-hydrogen) atoms. The van der Waals surface area contributed by atoms with Crippen LogP contribution in [0.15, 0.2) is 0 Å². The highest BCUT2D eigenvalue weighted by Crippen LogP contribution is 2.61. The first-order valence-corrected chi connectivity index (χ1v) is 4.94.